The van der Waals surface area contributed by atoms with E-state index < -0.39 is 17.4 Å². The summed E-state index contributed by atoms with van der Waals surface area (Å²) < 4.78 is 5.39. The van der Waals surface area contributed by atoms with Gasteiger partial charge < -0.3 is 14.8 Å². The molecular formula is C14H16N2O4. The molecule has 1 heterocycles. The maximum absolute atomic E-state index is 11.1. The Morgan fingerprint density at radius 1 is 1.15 bits per heavy atom. The van der Waals surface area contributed by atoms with Gasteiger partial charge >= 0.3 is 5.69 Å². The topological polar surface area (TPSA) is 95.2 Å². The highest BCUT2D eigenvalue weighted by atomic mass is 16.5. The molecule has 20 heavy (non-hydrogen) atoms. The van der Waals surface area contributed by atoms with Crippen molar-refractivity contribution < 1.29 is 9.84 Å². The van der Waals surface area contributed by atoms with Gasteiger partial charge in [0.25, 0.3) is 5.56 Å². The SMILES string of the molecule is O=c1cc(CC(O)COCc2ccccc2)[nH]c(=O)[nH]1. The second kappa shape index (κ2) is 6.83. The third-order valence-corrected chi connectivity index (χ3v) is 2.69. The predicted molar refractivity (Wildman–Crippen MR) is 73.5 cm³/mol. The van der Waals surface area contributed by atoms with E-state index in [0.717, 1.165) is 5.56 Å². The number of hydrogen-bond donors (Lipinski definition) is 3. The monoisotopic (exact) mass is 276 g/mol. The molecule has 0 aliphatic carbocycles. The standard InChI is InChI=1S/C14H16N2O4/c17-12(6-11-7-13(18)16-14(19)15-11)9-20-8-10-4-2-1-3-5-10/h1-5,7,12,17H,6,8-9H2,(H2,15,16,18,19). The van der Waals surface area contributed by atoms with Crippen molar-refractivity contribution in [1.29, 1.82) is 0 Å². The Labute approximate surface area is 115 Å². The van der Waals surface area contributed by atoms with Crippen molar-refractivity contribution in [3.8, 4) is 0 Å². The molecule has 106 valence electrons. The zero-order chi connectivity index (χ0) is 14.4. The number of aliphatic hydroxyl groups is 1. The predicted octanol–water partition coefficient (Wildman–Crippen LogP) is 0.183. The van der Waals surface area contributed by atoms with Crippen molar-refractivity contribution >= 4 is 0 Å². The van der Waals surface area contributed by atoms with Crippen molar-refractivity contribution in [3.63, 3.8) is 0 Å². The van der Waals surface area contributed by atoms with Crippen LogP contribution in [0.1, 0.15) is 11.3 Å². The zero-order valence-corrected chi connectivity index (χ0v) is 10.8. The number of aromatic nitrogens is 2. The quantitative estimate of drug-likeness (QED) is 0.701. The molecule has 2 rings (SSSR count). The molecule has 0 radical (unpaired) electrons. The van der Waals surface area contributed by atoms with E-state index in [1.165, 1.54) is 6.07 Å². The Morgan fingerprint density at radius 3 is 2.60 bits per heavy atom. The van der Waals surface area contributed by atoms with Gasteiger partial charge in [0.05, 0.1) is 19.3 Å². The maximum Gasteiger partial charge on any atom is 0.325 e. The molecule has 2 aromatic rings. The van der Waals surface area contributed by atoms with Crippen molar-refractivity contribution in [2.24, 2.45) is 0 Å². The summed E-state index contributed by atoms with van der Waals surface area (Å²) in [6.45, 7) is 0.535. The van der Waals surface area contributed by atoms with Crippen molar-refractivity contribution in [2.75, 3.05) is 6.61 Å². The first kappa shape index (κ1) is 14.2. The molecule has 0 spiro atoms. The van der Waals surface area contributed by atoms with E-state index in [9.17, 15) is 14.7 Å². The Bertz CT molecular complexity index is 620. The third-order valence-electron chi connectivity index (χ3n) is 2.69. The normalized spacial score (nSPS) is 12.2. The summed E-state index contributed by atoms with van der Waals surface area (Å²) in [4.78, 5) is 26.7. The summed E-state index contributed by atoms with van der Waals surface area (Å²) in [5.41, 5.74) is 0.338. The first-order valence-electron chi connectivity index (χ1n) is 6.26. The van der Waals surface area contributed by atoms with Crippen LogP contribution in [0.5, 0.6) is 0 Å². The lowest BCUT2D eigenvalue weighted by molar-refractivity contribution is 0.0284. The number of nitrogens with one attached hydrogen (secondary N) is 2. The molecule has 6 heteroatoms. The van der Waals surface area contributed by atoms with Crippen LogP contribution in [0.3, 0.4) is 0 Å². The second-order valence-corrected chi connectivity index (χ2v) is 4.47. The van der Waals surface area contributed by atoms with Crippen LogP contribution in [-0.2, 0) is 17.8 Å². The van der Waals surface area contributed by atoms with Crippen LogP contribution in [0.15, 0.2) is 46.0 Å². The van der Waals surface area contributed by atoms with Crippen LogP contribution in [-0.4, -0.2) is 27.8 Å². The van der Waals surface area contributed by atoms with Gasteiger partial charge in [-0.3, -0.25) is 9.78 Å². The average Bonchev–Trinajstić information content (AvgIpc) is 2.38. The van der Waals surface area contributed by atoms with Crippen LogP contribution in [0.25, 0.3) is 0 Å². The average molecular weight is 276 g/mol. The lowest BCUT2D eigenvalue weighted by Gasteiger charge is -2.11. The molecule has 1 aromatic heterocycles. The number of benzene rings is 1. The summed E-state index contributed by atoms with van der Waals surface area (Å²) in [7, 11) is 0. The zero-order valence-electron chi connectivity index (χ0n) is 10.8. The van der Waals surface area contributed by atoms with Crippen LogP contribution in [0, 0.1) is 0 Å². The number of rotatable bonds is 6. The molecule has 3 N–H and O–H groups in total. The fourth-order valence-electron chi connectivity index (χ4n) is 1.83. The third kappa shape index (κ3) is 4.49. The van der Waals surface area contributed by atoms with Crippen LogP contribution < -0.4 is 11.2 Å². The number of ether oxygens (including phenoxy) is 1. The van der Waals surface area contributed by atoms with E-state index in [1.54, 1.807) is 0 Å². The molecule has 0 bridgehead atoms. The molecule has 1 aromatic carbocycles. The van der Waals surface area contributed by atoms with Gasteiger partial charge in [-0.2, -0.15) is 0 Å². The molecule has 0 fully saturated rings. The molecular weight excluding hydrogens is 260 g/mol. The van der Waals surface area contributed by atoms with Crippen molar-refractivity contribution in [1.82, 2.24) is 9.97 Å². The molecule has 0 saturated carbocycles. The van der Waals surface area contributed by atoms with Gasteiger partial charge in [0.2, 0.25) is 0 Å². The van der Waals surface area contributed by atoms with Gasteiger partial charge in [-0.05, 0) is 5.56 Å². The van der Waals surface area contributed by atoms with Gasteiger partial charge in [-0.1, -0.05) is 30.3 Å². The van der Waals surface area contributed by atoms with Crippen LogP contribution in [0.2, 0.25) is 0 Å². The van der Waals surface area contributed by atoms with Gasteiger partial charge in [0, 0.05) is 18.2 Å². The van der Waals surface area contributed by atoms with E-state index in [2.05, 4.69) is 9.97 Å². The summed E-state index contributed by atoms with van der Waals surface area (Å²) in [6.07, 6.45) is -0.621. The van der Waals surface area contributed by atoms with E-state index in [-0.39, 0.29) is 13.0 Å². The van der Waals surface area contributed by atoms with Crippen LogP contribution in [0.4, 0.5) is 0 Å². The second-order valence-electron chi connectivity index (χ2n) is 4.47. The largest absolute Gasteiger partial charge is 0.390 e. The first-order chi connectivity index (χ1) is 9.63. The molecule has 0 saturated heterocycles. The number of H-pyrrole nitrogens is 2. The summed E-state index contributed by atoms with van der Waals surface area (Å²) in [5, 5.41) is 9.80. The lowest BCUT2D eigenvalue weighted by Crippen LogP contribution is -2.26. The first-order valence-corrected chi connectivity index (χ1v) is 6.26. The van der Waals surface area contributed by atoms with Crippen LogP contribution >= 0.6 is 0 Å². The smallest absolute Gasteiger partial charge is 0.325 e. The van der Waals surface area contributed by atoms with Crippen molar-refractivity contribution in [2.45, 2.75) is 19.1 Å². The Kier molecular flexibility index (Phi) is 4.86. The molecule has 1 unspecified atom stereocenters. The fraction of sp³-hybridized carbons (Fsp3) is 0.286. The summed E-state index contributed by atoms with van der Waals surface area (Å²) in [5.74, 6) is 0. The minimum atomic E-state index is -0.781. The Balaban J connectivity index is 1.82. The highest BCUT2D eigenvalue weighted by molar-refractivity contribution is 5.13. The summed E-state index contributed by atoms with van der Waals surface area (Å²) in [6, 6.07) is 10.9. The molecule has 1 atom stereocenters. The number of hydrogen-bond acceptors (Lipinski definition) is 4. The van der Waals surface area contributed by atoms with E-state index in [0.29, 0.717) is 12.3 Å². The molecule has 0 amide bonds. The highest BCUT2D eigenvalue weighted by Crippen LogP contribution is 2.02. The Hall–Kier alpha value is -2.18. The molecule has 0 aliphatic heterocycles. The number of aromatic amines is 2. The van der Waals surface area contributed by atoms with E-state index >= 15 is 0 Å². The van der Waals surface area contributed by atoms with Gasteiger partial charge in [-0.15, -0.1) is 0 Å². The fourth-order valence-corrected chi connectivity index (χ4v) is 1.83. The Morgan fingerprint density at radius 2 is 1.90 bits per heavy atom. The number of aliphatic hydroxyl groups excluding tert-OH is 1. The van der Waals surface area contributed by atoms with Gasteiger partial charge in [0.1, 0.15) is 0 Å². The lowest BCUT2D eigenvalue weighted by atomic mass is 10.2. The molecule has 6 nitrogen and oxygen atoms in total. The highest BCUT2D eigenvalue weighted by Gasteiger charge is 2.07. The van der Waals surface area contributed by atoms with Gasteiger partial charge in [-0.25, -0.2) is 4.79 Å². The summed E-state index contributed by atoms with van der Waals surface area (Å²) >= 11 is 0. The maximum atomic E-state index is 11.1. The minimum Gasteiger partial charge on any atom is -0.390 e. The minimum absolute atomic E-state index is 0.129. The van der Waals surface area contributed by atoms with E-state index in [1.807, 2.05) is 30.3 Å². The van der Waals surface area contributed by atoms with E-state index in [4.69, 9.17) is 4.74 Å². The van der Waals surface area contributed by atoms with Gasteiger partial charge in [0.15, 0.2) is 0 Å². The van der Waals surface area contributed by atoms with Crippen molar-refractivity contribution in [3.05, 3.63) is 68.5 Å². The molecule has 0 aliphatic rings.